The maximum atomic E-state index is 11.8. The smallest absolute Gasteiger partial charge is 0.243 e. The number of aliphatic imine (C=N–C) groups is 1. The Bertz CT molecular complexity index is 547. The van der Waals surface area contributed by atoms with Gasteiger partial charge < -0.3 is 15.1 Å². The molecule has 1 N–H and O–H groups in total. The van der Waals surface area contributed by atoms with E-state index >= 15 is 0 Å². The van der Waals surface area contributed by atoms with Gasteiger partial charge in [-0.1, -0.05) is 30.3 Å². The second kappa shape index (κ2) is 9.57. The van der Waals surface area contributed by atoms with Crippen molar-refractivity contribution in [2.45, 2.75) is 12.3 Å². The van der Waals surface area contributed by atoms with Crippen LogP contribution in [0.15, 0.2) is 35.3 Å². The van der Waals surface area contributed by atoms with E-state index in [1.54, 1.807) is 30.8 Å². The third-order valence-electron chi connectivity index (χ3n) is 4.21. The fourth-order valence-corrected chi connectivity index (χ4v) is 3.07. The minimum absolute atomic E-state index is 0.0259. The summed E-state index contributed by atoms with van der Waals surface area (Å²) in [5.74, 6) is 2.44. The molecule has 1 unspecified atom stereocenters. The molecule has 0 aliphatic carbocycles. The molecule has 1 atom stereocenters. The molecule has 6 heteroatoms. The summed E-state index contributed by atoms with van der Waals surface area (Å²) in [4.78, 5) is 20.3. The maximum absolute atomic E-state index is 11.8. The lowest BCUT2D eigenvalue weighted by molar-refractivity contribution is -0.127. The molecule has 1 aromatic carbocycles. The second-order valence-electron chi connectivity index (χ2n) is 6.19. The summed E-state index contributed by atoms with van der Waals surface area (Å²) >= 11 is 1.80. The van der Waals surface area contributed by atoms with Crippen molar-refractivity contribution in [1.82, 2.24) is 15.1 Å². The van der Waals surface area contributed by atoms with E-state index in [1.165, 1.54) is 5.56 Å². The number of carbonyl (C=O) groups excluding carboxylic acids is 1. The summed E-state index contributed by atoms with van der Waals surface area (Å²) < 4.78 is 0. The first-order chi connectivity index (χ1) is 11.6. The van der Waals surface area contributed by atoms with Crippen LogP contribution in [0.4, 0.5) is 0 Å². The molecular weight excluding hydrogens is 320 g/mol. The molecule has 2 rings (SSSR count). The first kappa shape index (κ1) is 18.6. The molecule has 1 aromatic rings. The molecule has 0 spiro atoms. The number of thioether (sulfide) groups is 1. The van der Waals surface area contributed by atoms with Gasteiger partial charge >= 0.3 is 0 Å². The molecular formula is C18H28N4OS. The molecule has 0 saturated carbocycles. The Balaban J connectivity index is 2.01. The molecule has 0 radical (unpaired) electrons. The number of hydrogen-bond acceptors (Lipinski definition) is 3. The van der Waals surface area contributed by atoms with Gasteiger partial charge in [0, 0.05) is 45.4 Å². The van der Waals surface area contributed by atoms with Crippen molar-refractivity contribution < 1.29 is 4.79 Å². The molecule has 1 heterocycles. The number of nitrogens with zero attached hydrogens (tertiary/aromatic N) is 3. The topological polar surface area (TPSA) is 47.9 Å². The second-order valence-corrected chi connectivity index (χ2v) is 7.18. The molecule has 1 amide bonds. The highest BCUT2D eigenvalue weighted by Crippen LogP contribution is 2.26. The Labute approximate surface area is 149 Å². The quantitative estimate of drug-likeness (QED) is 0.484. The Kier molecular flexibility index (Phi) is 7.43. The van der Waals surface area contributed by atoms with Crippen LogP contribution < -0.4 is 5.32 Å². The van der Waals surface area contributed by atoms with Crippen molar-refractivity contribution in [2.24, 2.45) is 4.99 Å². The molecule has 1 aliphatic heterocycles. The first-order valence-electron chi connectivity index (χ1n) is 8.39. The minimum Gasteiger partial charge on any atom is -0.355 e. The van der Waals surface area contributed by atoms with Crippen molar-refractivity contribution in [1.29, 1.82) is 0 Å². The van der Waals surface area contributed by atoms with Crippen LogP contribution in [0.5, 0.6) is 0 Å². The van der Waals surface area contributed by atoms with E-state index < -0.39 is 0 Å². The Hall–Kier alpha value is -1.69. The predicted octanol–water partition coefficient (Wildman–Crippen LogP) is 1.87. The largest absolute Gasteiger partial charge is 0.355 e. The van der Waals surface area contributed by atoms with Crippen LogP contribution >= 0.6 is 11.8 Å². The third kappa shape index (κ3) is 5.44. The summed E-state index contributed by atoms with van der Waals surface area (Å²) in [6.45, 7) is 2.98. The summed E-state index contributed by atoms with van der Waals surface area (Å²) in [5, 5.41) is 3.41. The van der Waals surface area contributed by atoms with Gasteiger partial charge in [-0.15, -0.1) is 0 Å². The zero-order valence-electron chi connectivity index (χ0n) is 14.9. The van der Waals surface area contributed by atoms with E-state index in [-0.39, 0.29) is 12.5 Å². The Morgan fingerprint density at radius 2 is 2.12 bits per heavy atom. The molecule has 5 nitrogen and oxygen atoms in total. The number of benzene rings is 1. The number of carbonyl (C=O) groups is 1. The van der Waals surface area contributed by atoms with Gasteiger partial charge in [0.05, 0.1) is 0 Å². The normalized spacial score (nSPS) is 17.9. The van der Waals surface area contributed by atoms with Crippen LogP contribution in [-0.2, 0) is 4.79 Å². The van der Waals surface area contributed by atoms with Crippen LogP contribution in [0.1, 0.15) is 17.9 Å². The zero-order chi connectivity index (χ0) is 17.4. The summed E-state index contributed by atoms with van der Waals surface area (Å²) in [6, 6.07) is 10.6. The highest BCUT2D eigenvalue weighted by molar-refractivity contribution is 7.98. The number of likely N-dealkylation sites (N-methyl/N-ethyl adjacent to an activating group) is 1. The zero-order valence-corrected chi connectivity index (χ0v) is 15.7. The fourth-order valence-electron chi connectivity index (χ4n) is 2.77. The number of likely N-dealkylation sites (tertiary alicyclic amines) is 1. The highest BCUT2D eigenvalue weighted by atomic mass is 32.2. The monoisotopic (exact) mass is 348 g/mol. The van der Waals surface area contributed by atoms with Crippen LogP contribution in [0, 0.1) is 0 Å². The molecule has 1 aliphatic rings. The van der Waals surface area contributed by atoms with E-state index in [1.807, 2.05) is 0 Å². The molecule has 1 saturated heterocycles. The maximum Gasteiger partial charge on any atom is 0.243 e. The van der Waals surface area contributed by atoms with Gasteiger partial charge in [0.1, 0.15) is 6.54 Å². The van der Waals surface area contributed by atoms with Crippen molar-refractivity contribution in [3.8, 4) is 0 Å². The average Bonchev–Trinajstić information content (AvgIpc) is 3.08. The number of nitrogens with one attached hydrogen (secondary N) is 1. The highest BCUT2D eigenvalue weighted by Gasteiger charge is 2.26. The average molecular weight is 349 g/mol. The molecule has 0 aromatic heterocycles. The number of guanidine groups is 1. The van der Waals surface area contributed by atoms with Crippen molar-refractivity contribution in [2.75, 3.05) is 52.3 Å². The van der Waals surface area contributed by atoms with Crippen LogP contribution in [0.25, 0.3) is 0 Å². The van der Waals surface area contributed by atoms with Crippen molar-refractivity contribution >= 4 is 23.6 Å². The van der Waals surface area contributed by atoms with Gasteiger partial charge in [0.25, 0.3) is 0 Å². The van der Waals surface area contributed by atoms with E-state index in [2.05, 4.69) is 51.8 Å². The molecule has 24 heavy (non-hydrogen) atoms. The first-order valence-corrected chi connectivity index (χ1v) is 9.78. The standard InChI is InChI=1S/C18H28N4OS/c1-21(2)17(23)13-20-18(19-10-12-24-3)22-11-9-16(14-22)15-7-5-4-6-8-15/h4-8,16H,9-14H2,1-3H3,(H,19,20). The lowest BCUT2D eigenvalue weighted by atomic mass is 9.99. The third-order valence-corrected chi connectivity index (χ3v) is 4.82. The summed E-state index contributed by atoms with van der Waals surface area (Å²) in [6.07, 6.45) is 3.21. The minimum atomic E-state index is 0.0259. The molecule has 132 valence electrons. The van der Waals surface area contributed by atoms with E-state index in [9.17, 15) is 4.79 Å². The van der Waals surface area contributed by atoms with Crippen LogP contribution in [-0.4, -0.2) is 73.9 Å². The number of amides is 1. The van der Waals surface area contributed by atoms with Gasteiger partial charge in [-0.2, -0.15) is 11.8 Å². The lowest BCUT2D eigenvalue weighted by Crippen LogP contribution is -2.41. The van der Waals surface area contributed by atoms with Crippen molar-refractivity contribution in [3.63, 3.8) is 0 Å². The molecule has 1 fully saturated rings. The lowest BCUT2D eigenvalue weighted by Gasteiger charge is -2.22. The van der Waals surface area contributed by atoms with Crippen LogP contribution in [0.3, 0.4) is 0 Å². The predicted molar refractivity (Wildman–Crippen MR) is 103 cm³/mol. The SMILES string of the molecule is CSCCNC(=NCC(=O)N(C)C)N1CCC(c2ccccc2)C1. The van der Waals surface area contributed by atoms with Gasteiger partial charge in [-0.3, -0.25) is 4.79 Å². The van der Waals surface area contributed by atoms with Gasteiger partial charge in [-0.25, -0.2) is 4.99 Å². The van der Waals surface area contributed by atoms with E-state index in [0.29, 0.717) is 5.92 Å². The molecule has 0 bridgehead atoms. The van der Waals surface area contributed by atoms with E-state index in [0.717, 1.165) is 37.8 Å². The number of rotatable bonds is 6. The van der Waals surface area contributed by atoms with Gasteiger partial charge in [-0.05, 0) is 18.2 Å². The summed E-state index contributed by atoms with van der Waals surface area (Å²) in [7, 11) is 3.53. The van der Waals surface area contributed by atoms with Crippen LogP contribution in [0.2, 0.25) is 0 Å². The fraction of sp³-hybridized carbons (Fsp3) is 0.556. The van der Waals surface area contributed by atoms with Gasteiger partial charge in [0.15, 0.2) is 5.96 Å². The van der Waals surface area contributed by atoms with Crippen molar-refractivity contribution in [3.05, 3.63) is 35.9 Å². The van der Waals surface area contributed by atoms with E-state index in [4.69, 9.17) is 0 Å². The van der Waals surface area contributed by atoms with Gasteiger partial charge in [0.2, 0.25) is 5.91 Å². The summed E-state index contributed by atoms with van der Waals surface area (Å²) in [5.41, 5.74) is 1.38. The number of hydrogen-bond donors (Lipinski definition) is 1. The Morgan fingerprint density at radius 1 is 1.38 bits per heavy atom. The Morgan fingerprint density at radius 3 is 2.79 bits per heavy atom.